The van der Waals surface area contributed by atoms with Crippen molar-refractivity contribution >= 4 is 17.8 Å². The van der Waals surface area contributed by atoms with Gasteiger partial charge in [0.05, 0.1) is 18.7 Å². The molecule has 0 saturated carbocycles. The number of nitrogens with zero attached hydrogens (tertiary/aromatic N) is 1. The van der Waals surface area contributed by atoms with E-state index in [1.165, 1.54) is 20.8 Å². The van der Waals surface area contributed by atoms with E-state index in [1.807, 2.05) is 0 Å². The zero-order chi connectivity index (χ0) is 21.5. The maximum absolute atomic E-state index is 12.8. The van der Waals surface area contributed by atoms with Crippen molar-refractivity contribution in [3.63, 3.8) is 0 Å². The molecule has 2 amide bonds. The van der Waals surface area contributed by atoms with Crippen molar-refractivity contribution < 1.29 is 42.5 Å². The molecule has 1 aliphatic heterocycles. The first-order valence-electron chi connectivity index (χ1n) is 8.09. The molecule has 1 heterocycles. The summed E-state index contributed by atoms with van der Waals surface area (Å²) in [5.41, 5.74) is -4.64. The first-order valence-corrected chi connectivity index (χ1v) is 8.09. The number of phenols is 1. The smallest absolute Gasteiger partial charge is 0.419 e. The van der Waals surface area contributed by atoms with Crippen molar-refractivity contribution in [1.82, 2.24) is 10.2 Å². The molecule has 0 radical (unpaired) electrons. The molecule has 11 heteroatoms. The number of alkyl halides is 3. The van der Waals surface area contributed by atoms with Gasteiger partial charge in [0.2, 0.25) is 5.91 Å². The zero-order valence-corrected chi connectivity index (χ0v) is 15.3. The van der Waals surface area contributed by atoms with E-state index < -0.39 is 53.1 Å². The van der Waals surface area contributed by atoms with E-state index in [0.717, 1.165) is 17.0 Å². The highest BCUT2D eigenvalue weighted by Gasteiger charge is 2.56. The number of ether oxygens (including phenoxy) is 1. The Morgan fingerprint density at radius 3 is 2.39 bits per heavy atom. The fourth-order valence-electron chi connectivity index (χ4n) is 3.04. The number of Topliss-reactive ketones (excluding diaryl/α,β-unsaturated/α-hetero) is 1. The summed E-state index contributed by atoms with van der Waals surface area (Å²) >= 11 is 0. The second kappa shape index (κ2) is 6.97. The highest BCUT2D eigenvalue weighted by atomic mass is 19.4. The lowest BCUT2D eigenvalue weighted by Crippen LogP contribution is -2.61. The van der Waals surface area contributed by atoms with E-state index in [0.29, 0.717) is 6.07 Å². The summed E-state index contributed by atoms with van der Waals surface area (Å²) in [5.74, 6) is -2.70. The number of phenolic OH excluding ortho intramolecular Hbond substituents is 1. The zero-order valence-electron chi connectivity index (χ0n) is 15.3. The molecule has 0 aliphatic carbocycles. The molecule has 0 spiro atoms. The SMILES string of the molecule is CC1(C)OCC(C)(C(=O)NCC(=O)c2ccc(O)c(C(F)(F)F)c2)N1C(=O)O. The number of hydrogen-bond acceptors (Lipinski definition) is 5. The van der Waals surface area contributed by atoms with Gasteiger partial charge in [0, 0.05) is 5.56 Å². The number of benzene rings is 1. The number of nitrogens with one attached hydrogen (secondary N) is 1. The summed E-state index contributed by atoms with van der Waals surface area (Å²) < 4.78 is 43.9. The van der Waals surface area contributed by atoms with Gasteiger partial charge < -0.3 is 20.3 Å². The van der Waals surface area contributed by atoms with Crippen LogP contribution in [0.15, 0.2) is 18.2 Å². The van der Waals surface area contributed by atoms with Gasteiger partial charge in [-0.1, -0.05) is 0 Å². The van der Waals surface area contributed by atoms with Crippen LogP contribution in [0.3, 0.4) is 0 Å². The minimum atomic E-state index is -4.86. The van der Waals surface area contributed by atoms with Gasteiger partial charge in [-0.05, 0) is 39.0 Å². The van der Waals surface area contributed by atoms with Gasteiger partial charge in [-0.2, -0.15) is 13.2 Å². The van der Waals surface area contributed by atoms with E-state index in [1.54, 1.807) is 0 Å². The van der Waals surface area contributed by atoms with Crippen LogP contribution in [0.1, 0.15) is 36.7 Å². The maximum atomic E-state index is 12.8. The van der Waals surface area contributed by atoms with Crippen LogP contribution < -0.4 is 5.32 Å². The van der Waals surface area contributed by atoms with E-state index in [-0.39, 0.29) is 12.2 Å². The molecule has 1 atom stereocenters. The summed E-state index contributed by atoms with van der Waals surface area (Å²) in [6, 6.07) is 2.21. The standard InChI is InChI=1S/C17H19F3N2O6/c1-15(2)22(14(26)27)16(3,8-28-15)13(25)21-7-12(24)9-4-5-11(23)10(6-9)17(18,19)20/h4-6,23H,7-8H2,1-3H3,(H,21,25)(H,26,27). The molecular weight excluding hydrogens is 385 g/mol. The quantitative estimate of drug-likeness (QED) is 0.663. The topological polar surface area (TPSA) is 116 Å². The summed E-state index contributed by atoms with van der Waals surface area (Å²) in [6.07, 6.45) is -6.26. The third kappa shape index (κ3) is 3.88. The molecule has 2 rings (SSSR count). The minimum Gasteiger partial charge on any atom is -0.507 e. The summed E-state index contributed by atoms with van der Waals surface area (Å²) in [4.78, 5) is 37.0. The van der Waals surface area contributed by atoms with Gasteiger partial charge in [-0.3, -0.25) is 14.5 Å². The van der Waals surface area contributed by atoms with Crippen molar-refractivity contribution in [1.29, 1.82) is 0 Å². The number of carbonyl (C=O) groups is 3. The number of amides is 2. The second-order valence-corrected chi connectivity index (χ2v) is 6.96. The minimum absolute atomic E-state index is 0.260. The molecule has 1 aromatic rings. The predicted molar refractivity (Wildman–Crippen MR) is 88.7 cm³/mol. The van der Waals surface area contributed by atoms with Crippen LogP contribution in [0, 0.1) is 0 Å². The maximum Gasteiger partial charge on any atom is 0.419 e. The van der Waals surface area contributed by atoms with Gasteiger partial charge in [0.15, 0.2) is 5.78 Å². The molecule has 1 aliphatic rings. The normalized spacial score (nSPS) is 21.4. The Labute approximate surface area is 157 Å². The van der Waals surface area contributed by atoms with Crippen molar-refractivity contribution in [3.8, 4) is 5.75 Å². The van der Waals surface area contributed by atoms with Crippen LogP contribution >= 0.6 is 0 Å². The van der Waals surface area contributed by atoms with Crippen LogP contribution in [0.4, 0.5) is 18.0 Å². The van der Waals surface area contributed by atoms with E-state index in [2.05, 4.69) is 5.32 Å². The summed E-state index contributed by atoms with van der Waals surface area (Å²) in [6.45, 7) is 3.31. The second-order valence-electron chi connectivity index (χ2n) is 6.96. The van der Waals surface area contributed by atoms with Crippen molar-refractivity contribution in [2.45, 2.75) is 38.2 Å². The third-order valence-corrected chi connectivity index (χ3v) is 4.45. The Morgan fingerprint density at radius 2 is 1.86 bits per heavy atom. The average Bonchev–Trinajstić information content (AvgIpc) is 2.82. The highest BCUT2D eigenvalue weighted by molar-refractivity contribution is 6.01. The molecule has 0 aromatic heterocycles. The van der Waals surface area contributed by atoms with Crippen molar-refractivity contribution in [2.75, 3.05) is 13.2 Å². The van der Waals surface area contributed by atoms with Crippen LogP contribution in [0.2, 0.25) is 0 Å². The summed E-state index contributed by atoms with van der Waals surface area (Å²) in [5, 5.41) is 20.9. The number of aromatic hydroxyl groups is 1. The van der Waals surface area contributed by atoms with Crippen LogP contribution in [-0.4, -0.2) is 57.3 Å². The third-order valence-electron chi connectivity index (χ3n) is 4.45. The van der Waals surface area contributed by atoms with Crippen molar-refractivity contribution in [3.05, 3.63) is 29.3 Å². The van der Waals surface area contributed by atoms with Gasteiger partial charge in [-0.15, -0.1) is 0 Å². The van der Waals surface area contributed by atoms with Gasteiger partial charge in [0.25, 0.3) is 0 Å². The number of hydrogen-bond donors (Lipinski definition) is 3. The Morgan fingerprint density at radius 1 is 1.25 bits per heavy atom. The Balaban J connectivity index is 2.15. The fraction of sp³-hybridized carbons (Fsp3) is 0.471. The van der Waals surface area contributed by atoms with Crippen molar-refractivity contribution in [2.24, 2.45) is 0 Å². The van der Waals surface area contributed by atoms with Crippen LogP contribution in [-0.2, 0) is 15.7 Å². The number of carboxylic acid groups (broad SMARTS) is 1. The number of ketones is 1. The Bertz CT molecular complexity index is 824. The van der Waals surface area contributed by atoms with Crippen LogP contribution in [0.5, 0.6) is 5.75 Å². The number of carbonyl (C=O) groups excluding carboxylic acids is 2. The van der Waals surface area contributed by atoms with Crippen LogP contribution in [0.25, 0.3) is 0 Å². The molecule has 154 valence electrons. The largest absolute Gasteiger partial charge is 0.507 e. The molecule has 8 nitrogen and oxygen atoms in total. The fourth-order valence-corrected chi connectivity index (χ4v) is 3.04. The monoisotopic (exact) mass is 404 g/mol. The first-order chi connectivity index (χ1) is 12.7. The predicted octanol–water partition coefficient (Wildman–Crippen LogP) is 2.21. The highest BCUT2D eigenvalue weighted by Crippen LogP contribution is 2.36. The lowest BCUT2D eigenvalue weighted by Gasteiger charge is -2.36. The molecule has 28 heavy (non-hydrogen) atoms. The lowest BCUT2D eigenvalue weighted by atomic mass is 9.99. The van der Waals surface area contributed by atoms with Gasteiger partial charge >= 0.3 is 12.3 Å². The molecule has 0 bridgehead atoms. The molecule has 1 saturated heterocycles. The van der Waals surface area contributed by atoms with Gasteiger partial charge in [0.1, 0.15) is 17.0 Å². The van der Waals surface area contributed by atoms with Gasteiger partial charge in [-0.25, -0.2) is 4.79 Å². The average molecular weight is 404 g/mol. The van der Waals surface area contributed by atoms with E-state index in [9.17, 15) is 37.8 Å². The Hall–Kier alpha value is -2.82. The molecule has 1 unspecified atom stereocenters. The molecule has 1 aromatic carbocycles. The number of rotatable bonds is 4. The summed E-state index contributed by atoms with van der Waals surface area (Å²) in [7, 11) is 0. The molecule has 1 fully saturated rings. The number of halogens is 3. The van der Waals surface area contributed by atoms with E-state index in [4.69, 9.17) is 4.74 Å². The molecule has 3 N–H and O–H groups in total. The van der Waals surface area contributed by atoms with E-state index >= 15 is 0 Å². The Kier molecular flexibility index (Phi) is 5.35. The molecular formula is C17H19F3N2O6. The lowest BCUT2D eigenvalue weighted by molar-refractivity contribution is -0.138. The first kappa shape index (κ1) is 21.5.